The molecule has 0 spiro atoms. The van der Waals surface area contributed by atoms with Crippen LogP contribution < -0.4 is 5.32 Å². The molecule has 1 N–H and O–H groups in total. The number of fused-ring (bicyclic) bond motifs is 1. The predicted molar refractivity (Wildman–Crippen MR) is 89.9 cm³/mol. The van der Waals surface area contributed by atoms with Crippen LogP contribution in [0, 0.1) is 13.8 Å². The number of benzene rings is 1. The van der Waals surface area contributed by atoms with Gasteiger partial charge in [-0.3, -0.25) is 4.79 Å². The molecule has 0 aliphatic carbocycles. The predicted octanol–water partition coefficient (Wildman–Crippen LogP) is 2.48. The second-order valence-electron chi connectivity index (χ2n) is 5.60. The van der Waals surface area contributed by atoms with E-state index in [1.807, 2.05) is 6.07 Å². The van der Waals surface area contributed by atoms with E-state index in [4.69, 9.17) is 9.26 Å². The lowest BCUT2D eigenvalue weighted by Crippen LogP contribution is -2.34. The molecule has 3 rings (SSSR count). The van der Waals surface area contributed by atoms with Gasteiger partial charge in [0.1, 0.15) is 0 Å². The van der Waals surface area contributed by atoms with Crippen molar-refractivity contribution in [3.63, 3.8) is 0 Å². The van der Waals surface area contributed by atoms with Crippen molar-refractivity contribution in [1.29, 1.82) is 0 Å². The number of nitrogens with one attached hydrogen (secondary N) is 1. The number of methoxy groups -OCH3 is 1. The fourth-order valence-corrected chi connectivity index (χ4v) is 2.65. The zero-order valence-corrected chi connectivity index (χ0v) is 14.1. The van der Waals surface area contributed by atoms with E-state index in [0.717, 1.165) is 0 Å². The van der Waals surface area contributed by atoms with Gasteiger partial charge in [0.25, 0.3) is 11.6 Å². The Morgan fingerprint density at radius 1 is 1.20 bits per heavy atom. The smallest absolute Gasteiger partial charge is 0.333 e. The molecule has 2 aromatic heterocycles. The van der Waals surface area contributed by atoms with Crippen molar-refractivity contribution >= 4 is 23.0 Å². The van der Waals surface area contributed by atoms with Crippen molar-refractivity contribution in [1.82, 2.24) is 15.5 Å². The van der Waals surface area contributed by atoms with Crippen LogP contribution >= 0.6 is 0 Å². The summed E-state index contributed by atoms with van der Waals surface area (Å²) < 4.78 is 9.97. The molecule has 0 bridgehead atoms. The molecule has 3 aromatic rings. The van der Waals surface area contributed by atoms with Gasteiger partial charge in [0, 0.05) is 5.69 Å². The number of pyridine rings is 1. The third kappa shape index (κ3) is 3.21. The summed E-state index contributed by atoms with van der Waals surface area (Å²) in [5, 5.41) is 7.11. The molecule has 0 saturated carbocycles. The number of esters is 1. The number of carbonyl (C=O) groups excluding carboxylic acids is 2. The fraction of sp³-hybridized carbons (Fsp3) is 0.222. The molecule has 0 radical (unpaired) electrons. The number of carbonyl (C=O) groups is 2. The quantitative estimate of drug-likeness (QED) is 0.734. The average molecular weight is 339 g/mol. The molecule has 0 aliphatic rings. The van der Waals surface area contributed by atoms with Crippen LogP contribution in [0.15, 0.2) is 40.9 Å². The van der Waals surface area contributed by atoms with Gasteiger partial charge >= 0.3 is 5.97 Å². The number of rotatable bonds is 4. The van der Waals surface area contributed by atoms with Crippen LogP contribution in [0.5, 0.6) is 0 Å². The lowest BCUT2D eigenvalue weighted by molar-refractivity contribution is -0.143. The topological polar surface area (TPSA) is 94.3 Å². The first-order valence-electron chi connectivity index (χ1n) is 7.68. The summed E-state index contributed by atoms with van der Waals surface area (Å²) in [7, 11) is 1.28. The number of hydrogen-bond acceptors (Lipinski definition) is 6. The van der Waals surface area contributed by atoms with Crippen molar-refractivity contribution < 1.29 is 18.8 Å². The van der Waals surface area contributed by atoms with E-state index in [1.165, 1.54) is 7.11 Å². The Hall–Kier alpha value is -3.22. The van der Waals surface area contributed by atoms with Gasteiger partial charge in [-0.2, -0.15) is 0 Å². The minimum atomic E-state index is -0.914. The van der Waals surface area contributed by atoms with E-state index < -0.39 is 17.9 Å². The Morgan fingerprint density at radius 3 is 2.60 bits per heavy atom. The highest BCUT2D eigenvalue weighted by molar-refractivity contribution is 6.07. The van der Waals surface area contributed by atoms with Crippen LogP contribution in [0.2, 0.25) is 0 Å². The molecular weight excluding hydrogens is 322 g/mol. The molecule has 2 heterocycles. The Balaban J connectivity index is 2.00. The summed E-state index contributed by atoms with van der Waals surface area (Å²) in [5.74, 6) is -0.982. The summed E-state index contributed by atoms with van der Waals surface area (Å²) in [6, 6.07) is 9.63. The summed E-state index contributed by atoms with van der Waals surface area (Å²) >= 11 is 0. The van der Waals surface area contributed by atoms with Gasteiger partial charge in [-0.05, 0) is 25.5 Å². The fourth-order valence-electron chi connectivity index (χ4n) is 2.65. The standard InChI is InChI=1S/C18H17N3O4/c1-10-9-13(14-11(2)21-25-17(14)19-10)16(22)20-15(18(23)24-3)12-7-5-4-6-8-12/h4-9,15H,1-3H3,(H,20,22)/t15-/m0/s1. The number of amides is 1. The van der Waals surface area contributed by atoms with Gasteiger partial charge < -0.3 is 14.6 Å². The molecule has 128 valence electrons. The molecule has 0 unspecified atom stereocenters. The maximum absolute atomic E-state index is 12.8. The van der Waals surface area contributed by atoms with Gasteiger partial charge in [-0.15, -0.1) is 0 Å². The minimum Gasteiger partial charge on any atom is -0.467 e. The number of ether oxygens (including phenoxy) is 1. The van der Waals surface area contributed by atoms with Gasteiger partial charge in [-0.1, -0.05) is 35.5 Å². The molecule has 7 nitrogen and oxygen atoms in total. The molecule has 1 aromatic carbocycles. The first-order valence-corrected chi connectivity index (χ1v) is 7.68. The van der Waals surface area contributed by atoms with Crippen molar-refractivity contribution in [2.24, 2.45) is 0 Å². The third-order valence-electron chi connectivity index (χ3n) is 3.84. The first-order chi connectivity index (χ1) is 12.0. The highest BCUT2D eigenvalue weighted by Gasteiger charge is 2.26. The Labute approximate surface area is 144 Å². The van der Waals surface area contributed by atoms with E-state index in [1.54, 1.807) is 44.2 Å². The maximum atomic E-state index is 12.8. The molecule has 0 aliphatic heterocycles. The molecular formula is C18H17N3O4. The van der Waals surface area contributed by atoms with E-state index in [0.29, 0.717) is 27.9 Å². The first kappa shape index (κ1) is 16.6. The van der Waals surface area contributed by atoms with Gasteiger partial charge in [0.05, 0.1) is 23.8 Å². The van der Waals surface area contributed by atoms with Gasteiger partial charge in [-0.25, -0.2) is 9.78 Å². The molecule has 0 saturated heterocycles. The third-order valence-corrected chi connectivity index (χ3v) is 3.84. The number of nitrogens with zero attached hydrogens (tertiary/aromatic N) is 2. The lowest BCUT2D eigenvalue weighted by Gasteiger charge is -2.17. The van der Waals surface area contributed by atoms with Crippen molar-refractivity contribution in [3.8, 4) is 0 Å². The molecule has 25 heavy (non-hydrogen) atoms. The SMILES string of the molecule is COC(=O)[C@@H](NC(=O)c1cc(C)nc2onc(C)c12)c1ccccc1. The Morgan fingerprint density at radius 2 is 1.92 bits per heavy atom. The van der Waals surface area contributed by atoms with Crippen LogP contribution in [-0.4, -0.2) is 29.1 Å². The van der Waals surface area contributed by atoms with Gasteiger partial charge in [0.2, 0.25) is 0 Å². The molecule has 1 atom stereocenters. The monoisotopic (exact) mass is 339 g/mol. The Bertz CT molecular complexity index is 934. The summed E-state index contributed by atoms with van der Waals surface area (Å²) in [6.07, 6.45) is 0. The largest absolute Gasteiger partial charge is 0.467 e. The minimum absolute atomic E-state index is 0.289. The summed E-state index contributed by atoms with van der Waals surface area (Å²) in [4.78, 5) is 29.2. The van der Waals surface area contributed by atoms with Crippen molar-refractivity contribution in [2.45, 2.75) is 19.9 Å². The highest BCUT2D eigenvalue weighted by Crippen LogP contribution is 2.23. The number of aryl methyl sites for hydroxylation is 2. The van der Waals surface area contributed by atoms with Crippen molar-refractivity contribution in [2.75, 3.05) is 7.11 Å². The summed E-state index contributed by atoms with van der Waals surface area (Å²) in [5.41, 5.74) is 2.44. The highest BCUT2D eigenvalue weighted by atomic mass is 16.5. The van der Waals surface area contributed by atoms with Crippen molar-refractivity contribution in [3.05, 3.63) is 58.9 Å². The van der Waals surface area contributed by atoms with E-state index >= 15 is 0 Å². The average Bonchev–Trinajstić information content (AvgIpc) is 2.99. The second-order valence-corrected chi connectivity index (χ2v) is 5.60. The van der Waals surface area contributed by atoms with Crippen LogP contribution in [0.25, 0.3) is 11.1 Å². The van der Waals surface area contributed by atoms with E-state index in [-0.39, 0.29) is 5.71 Å². The zero-order valence-electron chi connectivity index (χ0n) is 14.1. The van der Waals surface area contributed by atoms with Crippen LogP contribution in [-0.2, 0) is 9.53 Å². The van der Waals surface area contributed by atoms with Crippen LogP contribution in [0.3, 0.4) is 0 Å². The number of hydrogen-bond donors (Lipinski definition) is 1. The Kier molecular flexibility index (Phi) is 4.47. The molecule has 0 fully saturated rings. The van der Waals surface area contributed by atoms with Gasteiger partial charge in [0.15, 0.2) is 6.04 Å². The van der Waals surface area contributed by atoms with Crippen LogP contribution in [0.1, 0.15) is 33.4 Å². The van der Waals surface area contributed by atoms with Crippen LogP contribution in [0.4, 0.5) is 0 Å². The zero-order chi connectivity index (χ0) is 18.0. The lowest BCUT2D eigenvalue weighted by atomic mass is 10.0. The normalized spacial score (nSPS) is 12.0. The summed E-state index contributed by atoms with van der Waals surface area (Å²) in [6.45, 7) is 3.48. The second kappa shape index (κ2) is 6.72. The molecule has 1 amide bonds. The molecule has 7 heteroatoms. The van der Waals surface area contributed by atoms with E-state index in [9.17, 15) is 9.59 Å². The maximum Gasteiger partial charge on any atom is 0.333 e. The number of aromatic nitrogens is 2. The van der Waals surface area contributed by atoms with E-state index in [2.05, 4.69) is 15.5 Å².